The minimum Gasteiger partial charge on any atom is -0.345 e. The van der Waals surface area contributed by atoms with Crippen LogP contribution in [0.15, 0.2) is 0 Å². The second-order valence-electron chi connectivity index (χ2n) is 7.86. The minimum atomic E-state index is -2.42. The highest BCUT2D eigenvalue weighted by atomic mass is 32.5. The van der Waals surface area contributed by atoms with E-state index in [0.29, 0.717) is 6.61 Å². The molecule has 0 heterocycles. The second kappa shape index (κ2) is 13.7. The molecule has 0 aromatic rings. The van der Waals surface area contributed by atoms with Crippen LogP contribution >= 0.6 is 6.49 Å². The average molecular weight is 377 g/mol. The molecule has 3 unspecified atom stereocenters. The molecular weight excluding hydrogens is 335 g/mol. The van der Waals surface area contributed by atoms with Gasteiger partial charge in [-0.3, -0.25) is 0 Å². The summed E-state index contributed by atoms with van der Waals surface area (Å²) in [5.74, 6) is 2.16. The summed E-state index contributed by atoms with van der Waals surface area (Å²) >= 11 is 4.85. The summed E-state index contributed by atoms with van der Waals surface area (Å²) in [6.07, 6.45) is 20.9. The Bertz CT molecular complexity index is 343. The van der Waals surface area contributed by atoms with Crippen LogP contribution in [0.4, 0.5) is 0 Å². The molecule has 1 aliphatic carbocycles. The first-order valence-electron chi connectivity index (χ1n) is 10.5. The smallest absolute Gasteiger partial charge is 0.183 e. The maximum Gasteiger partial charge on any atom is 0.183 e. The Morgan fingerprint density at radius 1 is 0.833 bits per heavy atom. The molecule has 144 valence electrons. The van der Waals surface area contributed by atoms with Crippen molar-refractivity contribution in [1.29, 1.82) is 0 Å². The lowest BCUT2D eigenvalue weighted by atomic mass is 10.0. The second-order valence-corrected chi connectivity index (χ2v) is 11.8. The van der Waals surface area contributed by atoms with E-state index in [1.54, 1.807) is 6.66 Å². The fraction of sp³-hybridized carbons (Fsp3) is 1.00. The van der Waals surface area contributed by atoms with Crippen LogP contribution in [0.25, 0.3) is 0 Å². The van der Waals surface area contributed by atoms with Gasteiger partial charge >= 0.3 is 0 Å². The summed E-state index contributed by atoms with van der Waals surface area (Å²) in [5.41, 5.74) is 0. The van der Waals surface area contributed by atoms with Gasteiger partial charge in [-0.25, -0.2) is 0 Å². The summed E-state index contributed by atoms with van der Waals surface area (Å²) in [4.78, 5) is 9.38. The fourth-order valence-electron chi connectivity index (χ4n) is 3.65. The molecule has 1 saturated carbocycles. The zero-order valence-electron chi connectivity index (χ0n) is 16.2. The van der Waals surface area contributed by atoms with Crippen molar-refractivity contribution in [2.24, 2.45) is 11.8 Å². The molecule has 0 spiro atoms. The van der Waals surface area contributed by atoms with E-state index >= 15 is 0 Å². The molecule has 3 atom stereocenters. The molecule has 1 aliphatic rings. The molecule has 0 amide bonds. The van der Waals surface area contributed by atoms with E-state index in [2.05, 4.69) is 6.92 Å². The number of hydrogen-bond acceptors (Lipinski definition) is 2. The van der Waals surface area contributed by atoms with Crippen LogP contribution in [0.1, 0.15) is 103 Å². The van der Waals surface area contributed by atoms with Gasteiger partial charge in [-0.05, 0) is 36.5 Å². The van der Waals surface area contributed by atoms with Crippen molar-refractivity contribution in [3.63, 3.8) is 0 Å². The lowest BCUT2D eigenvalue weighted by molar-refractivity contribution is 0.299. The lowest BCUT2D eigenvalue weighted by Gasteiger charge is -2.09. The maximum absolute atomic E-state index is 9.38. The summed E-state index contributed by atoms with van der Waals surface area (Å²) < 4.78 is 5.25. The van der Waals surface area contributed by atoms with Gasteiger partial charge in [0, 0.05) is 6.66 Å². The van der Waals surface area contributed by atoms with Crippen LogP contribution in [0.2, 0.25) is 0 Å². The zero-order valence-corrected chi connectivity index (χ0v) is 17.9. The molecule has 4 heteroatoms. The van der Waals surface area contributed by atoms with E-state index in [4.69, 9.17) is 16.3 Å². The largest absolute Gasteiger partial charge is 0.345 e. The Balaban J connectivity index is 1.76. The summed E-state index contributed by atoms with van der Waals surface area (Å²) in [5, 5.41) is 0. The third kappa shape index (κ3) is 13.8. The van der Waals surface area contributed by atoms with Gasteiger partial charge in [0.05, 0.1) is 6.61 Å². The van der Waals surface area contributed by atoms with Crippen molar-refractivity contribution >= 4 is 18.3 Å². The molecule has 2 nitrogen and oxygen atoms in total. The Hall–Kier alpha value is 0.570. The van der Waals surface area contributed by atoms with Crippen LogP contribution in [0.3, 0.4) is 0 Å². The monoisotopic (exact) mass is 376 g/mol. The van der Waals surface area contributed by atoms with Gasteiger partial charge < -0.3 is 9.42 Å². The predicted octanol–water partition coefficient (Wildman–Crippen LogP) is 7.05. The molecular formula is C20H41O2PS. The van der Waals surface area contributed by atoms with Crippen molar-refractivity contribution in [2.45, 2.75) is 103 Å². The van der Waals surface area contributed by atoms with E-state index in [-0.39, 0.29) is 0 Å². The van der Waals surface area contributed by atoms with Gasteiger partial charge in [0.25, 0.3) is 0 Å². The summed E-state index contributed by atoms with van der Waals surface area (Å²) in [6.45, 7) is 2.12. The average Bonchev–Trinajstić information content (AvgIpc) is 3.26. The van der Waals surface area contributed by atoms with E-state index in [1.165, 1.54) is 89.9 Å². The molecule has 0 aromatic carbocycles. The Morgan fingerprint density at radius 3 is 1.79 bits per heavy atom. The Morgan fingerprint density at radius 2 is 1.29 bits per heavy atom. The Kier molecular flexibility index (Phi) is 12.9. The highest BCUT2D eigenvalue weighted by Crippen LogP contribution is 2.45. The third-order valence-corrected chi connectivity index (χ3v) is 6.28. The topological polar surface area (TPSA) is 29.5 Å². The van der Waals surface area contributed by atoms with Gasteiger partial charge in [-0.2, -0.15) is 0 Å². The molecule has 24 heavy (non-hydrogen) atoms. The number of unbranched alkanes of at least 4 members (excludes halogenated alkanes) is 10. The predicted molar refractivity (Wildman–Crippen MR) is 110 cm³/mol. The fourth-order valence-corrected chi connectivity index (χ4v) is 4.35. The quantitative estimate of drug-likeness (QED) is 0.218. The van der Waals surface area contributed by atoms with Crippen LogP contribution in [-0.2, 0) is 16.3 Å². The van der Waals surface area contributed by atoms with Gasteiger partial charge in [0.1, 0.15) is 0 Å². The molecule has 0 aromatic heterocycles. The molecule has 0 bridgehead atoms. The van der Waals surface area contributed by atoms with Gasteiger partial charge in [0.2, 0.25) is 0 Å². The third-order valence-electron chi connectivity index (χ3n) is 5.30. The van der Waals surface area contributed by atoms with Crippen LogP contribution in [0.5, 0.6) is 0 Å². The first-order valence-corrected chi connectivity index (χ1v) is 13.6. The zero-order chi connectivity index (χ0) is 17.7. The lowest BCUT2D eigenvalue weighted by Crippen LogP contribution is -1.91. The highest BCUT2D eigenvalue weighted by molar-refractivity contribution is 8.09. The van der Waals surface area contributed by atoms with Gasteiger partial charge in [-0.15, -0.1) is 0 Å². The van der Waals surface area contributed by atoms with Crippen molar-refractivity contribution in [3.05, 3.63) is 0 Å². The van der Waals surface area contributed by atoms with Gasteiger partial charge in [0.15, 0.2) is 6.49 Å². The standard InChI is InChI=1S/C20H41O2PS/c1-3-4-5-6-9-12-15-19-18-20(19)16-13-10-7-8-11-14-17-22-23(2,21)24/h19-20H,3-18H2,1-2H3,(H,21,24). The normalized spacial score (nSPS) is 22.5. The van der Waals surface area contributed by atoms with Crippen molar-refractivity contribution in [1.82, 2.24) is 0 Å². The van der Waals surface area contributed by atoms with Crippen molar-refractivity contribution in [3.8, 4) is 0 Å². The van der Waals surface area contributed by atoms with Crippen molar-refractivity contribution < 1.29 is 9.42 Å². The highest BCUT2D eigenvalue weighted by Gasteiger charge is 2.34. The van der Waals surface area contributed by atoms with Gasteiger partial charge in [-0.1, -0.05) is 90.4 Å². The number of hydrogen-bond donors (Lipinski definition) is 1. The van der Waals surface area contributed by atoms with E-state index in [9.17, 15) is 4.89 Å². The van der Waals surface area contributed by atoms with E-state index in [1.807, 2.05) is 0 Å². The molecule has 0 aliphatic heterocycles. The molecule has 0 radical (unpaired) electrons. The maximum atomic E-state index is 9.38. The molecule has 1 N–H and O–H groups in total. The summed E-state index contributed by atoms with van der Waals surface area (Å²) in [7, 11) is 0. The first-order chi connectivity index (χ1) is 11.5. The Labute approximate surface area is 156 Å². The number of rotatable bonds is 17. The van der Waals surface area contributed by atoms with E-state index in [0.717, 1.165) is 18.3 Å². The SMILES string of the molecule is CCCCCCCCC1CC1CCCCCCCCOP(C)(O)=S. The van der Waals surface area contributed by atoms with Crippen LogP contribution < -0.4 is 0 Å². The molecule has 0 saturated heterocycles. The minimum absolute atomic E-state index is 0.631. The molecule has 1 rings (SSSR count). The van der Waals surface area contributed by atoms with E-state index < -0.39 is 6.49 Å². The molecule has 1 fully saturated rings. The first kappa shape index (κ1) is 22.6. The van der Waals surface area contributed by atoms with Crippen LogP contribution in [-0.4, -0.2) is 18.2 Å². The summed E-state index contributed by atoms with van der Waals surface area (Å²) in [6, 6.07) is 0. The van der Waals surface area contributed by atoms with Crippen molar-refractivity contribution in [2.75, 3.05) is 13.3 Å². The van der Waals surface area contributed by atoms with Crippen LogP contribution in [0, 0.1) is 11.8 Å².